The van der Waals surface area contributed by atoms with Crippen LogP contribution < -0.4 is 0 Å². The van der Waals surface area contributed by atoms with Crippen LogP contribution in [0.4, 0.5) is 0 Å². The van der Waals surface area contributed by atoms with E-state index in [4.69, 9.17) is 4.84 Å². The molecule has 0 amide bonds. The molecule has 3 nitrogen and oxygen atoms in total. The molecule has 104 valence electrons. The van der Waals surface area contributed by atoms with Crippen LogP contribution in [0, 0.1) is 0 Å². The lowest BCUT2D eigenvalue weighted by Crippen LogP contribution is -2.13. The summed E-state index contributed by atoms with van der Waals surface area (Å²) in [6.07, 6.45) is 6.39. The van der Waals surface area contributed by atoms with Gasteiger partial charge in [-0.3, -0.25) is 0 Å². The Morgan fingerprint density at radius 3 is 2.70 bits per heavy atom. The van der Waals surface area contributed by atoms with Crippen molar-refractivity contribution in [3.63, 3.8) is 0 Å². The average molecular weight is 268 g/mol. The topological polar surface area (TPSA) is 37.4 Å². The van der Waals surface area contributed by atoms with Gasteiger partial charge in [0.25, 0.3) is 0 Å². The summed E-state index contributed by atoms with van der Waals surface area (Å²) in [4.78, 5) is 8.15. The second-order valence-corrected chi connectivity index (χ2v) is 5.32. The minimum atomic E-state index is 0.640. The second kappa shape index (κ2) is 5.95. The molecule has 1 heterocycles. The molecule has 0 radical (unpaired) electrons. The van der Waals surface area contributed by atoms with Crippen molar-refractivity contribution < 1.29 is 4.84 Å². The van der Waals surface area contributed by atoms with E-state index in [2.05, 4.69) is 40.5 Å². The predicted octanol–water partition coefficient (Wildman–Crippen LogP) is 4.34. The first-order valence-electron chi connectivity index (χ1n) is 7.19. The van der Waals surface area contributed by atoms with Crippen LogP contribution >= 0.6 is 0 Å². The van der Waals surface area contributed by atoms with Crippen LogP contribution in [0.15, 0.2) is 47.8 Å². The van der Waals surface area contributed by atoms with Crippen molar-refractivity contribution in [1.82, 2.24) is 4.98 Å². The van der Waals surface area contributed by atoms with Crippen molar-refractivity contribution in [2.24, 2.45) is 5.16 Å². The van der Waals surface area contributed by atoms with Gasteiger partial charge in [-0.2, -0.15) is 0 Å². The van der Waals surface area contributed by atoms with Gasteiger partial charge in [-0.25, -0.2) is 0 Å². The van der Waals surface area contributed by atoms with Crippen LogP contribution in [-0.2, 0) is 4.84 Å². The van der Waals surface area contributed by atoms with E-state index in [-0.39, 0.29) is 0 Å². The molecule has 0 unspecified atom stereocenters. The summed E-state index contributed by atoms with van der Waals surface area (Å²) < 4.78 is 0. The maximum atomic E-state index is 4.87. The van der Waals surface area contributed by atoms with E-state index in [0.29, 0.717) is 5.92 Å². The summed E-state index contributed by atoms with van der Waals surface area (Å²) in [6, 6.07) is 13.0. The lowest BCUT2D eigenvalue weighted by molar-refractivity contribution is 0.210. The summed E-state index contributed by atoms with van der Waals surface area (Å²) >= 11 is 0. The number of aromatic nitrogens is 1. The first-order chi connectivity index (χ1) is 9.86. The standard InChI is InChI=1S/C17H20N2O/c1-20-19-16-9-7-13(8-10-16)14-4-2-5-15(12-14)17-6-3-11-18-17/h2-6,11-13,18H,7-10H2,1H3. The van der Waals surface area contributed by atoms with E-state index in [1.165, 1.54) is 22.5 Å². The number of oxime groups is 1. The fourth-order valence-electron chi connectivity index (χ4n) is 2.97. The molecule has 0 spiro atoms. The Kier molecular flexibility index (Phi) is 3.86. The van der Waals surface area contributed by atoms with Gasteiger partial charge in [-0.05, 0) is 60.9 Å². The zero-order valence-electron chi connectivity index (χ0n) is 11.8. The maximum absolute atomic E-state index is 4.87. The van der Waals surface area contributed by atoms with Gasteiger partial charge >= 0.3 is 0 Å². The summed E-state index contributed by atoms with van der Waals surface area (Å²) in [5.41, 5.74) is 5.09. The van der Waals surface area contributed by atoms with Crippen molar-refractivity contribution in [2.75, 3.05) is 7.11 Å². The molecule has 20 heavy (non-hydrogen) atoms. The van der Waals surface area contributed by atoms with E-state index in [1.807, 2.05) is 12.3 Å². The van der Waals surface area contributed by atoms with Gasteiger partial charge in [-0.15, -0.1) is 0 Å². The third-order valence-electron chi connectivity index (χ3n) is 4.05. The Labute approximate surface area is 119 Å². The molecular formula is C17H20N2O. The normalized spacial score (nSPS) is 18.9. The third-order valence-corrected chi connectivity index (χ3v) is 4.05. The minimum absolute atomic E-state index is 0.640. The molecule has 1 saturated carbocycles. The number of H-pyrrole nitrogens is 1. The van der Waals surface area contributed by atoms with Gasteiger partial charge < -0.3 is 9.82 Å². The molecule has 0 aliphatic heterocycles. The van der Waals surface area contributed by atoms with E-state index in [1.54, 1.807) is 7.11 Å². The Morgan fingerprint density at radius 1 is 1.15 bits per heavy atom. The molecule has 0 saturated heterocycles. The molecule has 1 fully saturated rings. The van der Waals surface area contributed by atoms with Crippen molar-refractivity contribution in [1.29, 1.82) is 0 Å². The molecule has 1 aromatic carbocycles. The van der Waals surface area contributed by atoms with Crippen molar-refractivity contribution in [3.05, 3.63) is 48.2 Å². The Bertz CT molecular complexity index is 577. The number of hydrogen-bond acceptors (Lipinski definition) is 2. The Balaban J connectivity index is 1.75. The molecule has 1 N–H and O–H groups in total. The van der Waals surface area contributed by atoms with Crippen LogP contribution in [0.3, 0.4) is 0 Å². The molecule has 1 aliphatic carbocycles. The molecule has 2 aromatic rings. The van der Waals surface area contributed by atoms with Crippen LogP contribution in [-0.4, -0.2) is 17.8 Å². The van der Waals surface area contributed by atoms with Gasteiger partial charge in [0.2, 0.25) is 0 Å². The van der Waals surface area contributed by atoms with Crippen LogP contribution in [0.25, 0.3) is 11.3 Å². The third kappa shape index (κ3) is 2.77. The first-order valence-corrected chi connectivity index (χ1v) is 7.19. The van der Waals surface area contributed by atoms with Gasteiger partial charge in [0, 0.05) is 11.9 Å². The van der Waals surface area contributed by atoms with Crippen molar-refractivity contribution >= 4 is 5.71 Å². The van der Waals surface area contributed by atoms with E-state index >= 15 is 0 Å². The highest BCUT2D eigenvalue weighted by atomic mass is 16.6. The summed E-state index contributed by atoms with van der Waals surface area (Å²) in [7, 11) is 1.62. The smallest absolute Gasteiger partial charge is 0.106 e. The van der Waals surface area contributed by atoms with Crippen molar-refractivity contribution in [2.45, 2.75) is 31.6 Å². The van der Waals surface area contributed by atoms with Gasteiger partial charge in [0.15, 0.2) is 0 Å². The van der Waals surface area contributed by atoms with E-state index in [0.717, 1.165) is 25.7 Å². The Hall–Kier alpha value is -2.03. The molecule has 0 bridgehead atoms. The first kappa shape index (κ1) is 13.0. The molecule has 0 atom stereocenters. The average Bonchev–Trinajstić information content (AvgIpc) is 3.03. The highest BCUT2D eigenvalue weighted by Gasteiger charge is 2.19. The Morgan fingerprint density at radius 2 is 2.00 bits per heavy atom. The largest absolute Gasteiger partial charge is 0.399 e. The molecular weight excluding hydrogens is 248 g/mol. The SMILES string of the molecule is CON=C1CCC(c2cccc(-c3ccc[nH]3)c2)CC1. The number of nitrogens with one attached hydrogen (secondary N) is 1. The molecule has 1 aromatic heterocycles. The number of nitrogens with zero attached hydrogens (tertiary/aromatic N) is 1. The lowest BCUT2D eigenvalue weighted by atomic mass is 9.82. The fraction of sp³-hybridized carbons (Fsp3) is 0.353. The molecule has 3 rings (SSSR count). The maximum Gasteiger partial charge on any atom is 0.106 e. The van der Waals surface area contributed by atoms with Crippen LogP contribution in [0.5, 0.6) is 0 Å². The zero-order chi connectivity index (χ0) is 13.8. The zero-order valence-corrected chi connectivity index (χ0v) is 11.8. The molecule has 3 heteroatoms. The summed E-state index contributed by atoms with van der Waals surface area (Å²) in [6.45, 7) is 0. The van der Waals surface area contributed by atoms with E-state index < -0.39 is 0 Å². The second-order valence-electron chi connectivity index (χ2n) is 5.32. The predicted molar refractivity (Wildman–Crippen MR) is 81.9 cm³/mol. The highest BCUT2D eigenvalue weighted by Crippen LogP contribution is 2.33. The number of rotatable bonds is 3. The van der Waals surface area contributed by atoms with Crippen LogP contribution in [0.2, 0.25) is 0 Å². The van der Waals surface area contributed by atoms with Gasteiger partial charge in [0.05, 0.1) is 5.71 Å². The van der Waals surface area contributed by atoms with Crippen molar-refractivity contribution in [3.8, 4) is 11.3 Å². The van der Waals surface area contributed by atoms with E-state index in [9.17, 15) is 0 Å². The monoisotopic (exact) mass is 268 g/mol. The number of benzene rings is 1. The van der Waals surface area contributed by atoms with Crippen LogP contribution in [0.1, 0.15) is 37.2 Å². The lowest BCUT2D eigenvalue weighted by Gasteiger charge is -2.23. The summed E-state index contributed by atoms with van der Waals surface area (Å²) in [5.74, 6) is 0.640. The van der Waals surface area contributed by atoms with Gasteiger partial charge in [0.1, 0.15) is 7.11 Å². The van der Waals surface area contributed by atoms with Gasteiger partial charge in [-0.1, -0.05) is 23.4 Å². The fourth-order valence-corrected chi connectivity index (χ4v) is 2.97. The highest BCUT2D eigenvalue weighted by molar-refractivity contribution is 5.84. The number of aromatic amines is 1. The number of hydrogen-bond donors (Lipinski definition) is 1. The molecule has 1 aliphatic rings. The quantitative estimate of drug-likeness (QED) is 0.826. The summed E-state index contributed by atoms with van der Waals surface area (Å²) in [5, 5.41) is 4.08. The minimum Gasteiger partial charge on any atom is -0.399 e.